The van der Waals surface area contributed by atoms with Gasteiger partial charge in [0.2, 0.25) is 0 Å². The largest absolute Gasteiger partial charge is 0.179 e. The Bertz CT molecular complexity index is 3310. The highest BCUT2D eigenvalue weighted by atomic mass is 28.3. The molecule has 0 spiro atoms. The molecule has 0 aliphatic rings. The van der Waals surface area contributed by atoms with Gasteiger partial charge in [-0.15, -0.1) is 0 Å². The monoisotopic (exact) mass is 896 g/mol. The number of hydrogen-bond donors (Lipinski definition) is 0. The normalized spacial score (nSPS) is 11.8. The van der Waals surface area contributed by atoms with Crippen LogP contribution >= 0.6 is 0 Å². The first-order chi connectivity index (χ1) is 33.7. The summed E-state index contributed by atoms with van der Waals surface area (Å²) in [6.07, 6.45) is 0. The van der Waals surface area contributed by atoms with Crippen LogP contribution in [0.1, 0.15) is 0 Å². The van der Waals surface area contributed by atoms with Crippen LogP contribution in [0.3, 0.4) is 0 Å². The quantitative estimate of drug-likeness (QED) is 0.0729. The van der Waals surface area contributed by atoms with Crippen molar-refractivity contribution in [1.82, 2.24) is 0 Å². The number of benzene rings is 12. The number of hydrogen-bond acceptors (Lipinski definition) is 0. The fraction of sp³-hybridized carbons (Fsp3) is 0. The summed E-state index contributed by atoms with van der Waals surface area (Å²) in [4.78, 5) is 0. The Labute approximate surface area is 401 Å². The molecule has 0 atom stereocenters. The van der Waals surface area contributed by atoms with E-state index in [9.17, 15) is 0 Å². The van der Waals surface area contributed by atoms with Crippen molar-refractivity contribution in [2.24, 2.45) is 0 Å². The SMILES string of the molecule is c1ccc([Si](c2ccccc2)(c2ccccc2)c2cc(-c3c4ccccc4c(-c4ccc5ccccc5c4)c4ccccc34)cc([Si](c3ccccc3)(c3ccccc3)c3ccccc3)c2)cc1. The van der Waals surface area contributed by atoms with Gasteiger partial charge < -0.3 is 0 Å². The zero-order chi connectivity index (χ0) is 45.3. The van der Waals surface area contributed by atoms with Gasteiger partial charge in [-0.1, -0.05) is 285 Å². The Balaban J connectivity index is 1.29. The molecule has 68 heavy (non-hydrogen) atoms. The van der Waals surface area contributed by atoms with Gasteiger partial charge in [-0.05, 0) is 102 Å². The van der Waals surface area contributed by atoms with Crippen molar-refractivity contribution in [3.8, 4) is 22.3 Å². The maximum Gasteiger partial charge on any atom is 0.179 e. The zero-order valence-corrected chi connectivity index (χ0v) is 39.7. The minimum atomic E-state index is -3.08. The molecule has 2 heteroatoms. The smallest absolute Gasteiger partial charge is 0.0623 e. The second kappa shape index (κ2) is 17.6. The van der Waals surface area contributed by atoms with Crippen LogP contribution in [-0.2, 0) is 0 Å². The summed E-state index contributed by atoms with van der Waals surface area (Å²) in [6.45, 7) is 0. The van der Waals surface area contributed by atoms with E-state index in [1.54, 1.807) is 0 Å². The molecule has 0 nitrogen and oxygen atoms in total. The molecule has 0 heterocycles. The van der Waals surface area contributed by atoms with Crippen molar-refractivity contribution in [2.45, 2.75) is 0 Å². The summed E-state index contributed by atoms with van der Waals surface area (Å²) in [5.41, 5.74) is 4.99. The van der Waals surface area contributed by atoms with Crippen LogP contribution in [-0.4, -0.2) is 16.1 Å². The van der Waals surface area contributed by atoms with Crippen LogP contribution in [0, 0.1) is 0 Å². The number of rotatable bonds is 10. The average Bonchev–Trinajstić information content (AvgIpc) is 3.42. The van der Waals surface area contributed by atoms with Gasteiger partial charge in [0.1, 0.15) is 0 Å². The van der Waals surface area contributed by atoms with Crippen LogP contribution in [0.4, 0.5) is 0 Å². The second-order valence-electron chi connectivity index (χ2n) is 17.9. The molecular formula is C66H48Si2. The van der Waals surface area contributed by atoms with E-state index in [0.29, 0.717) is 0 Å². The average molecular weight is 897 g/mol. The molecule has 320 valence electrons. The van der Waals surface area contributed by atoms with Crippen molar-refractivity contribution in [2.75, 3.05) is 0 Å². The molecule has 0 aromatic heterocycles. The Morgan fingerprint density at radius 1 is 0.176 bits per heavy atom. The maximum atomic E-state index is 2.66. The molecular weight excluding hydrogens is 849 g/mol. The Hall–Kier alpha value is -8.15. The maximum absolute atomic E-state index is 3.08. The molecule has 0 saturated heterocycles. The predicted molar refractivity (Wildman–Crippen MR) is 297 cm³/mol. The summed E-state index contributed by atoms with van der Waals surface area (Å²) in [5.74, 6) is 0. The molecule has 0 aliphatic carbocycles. The molecule has 0 saturated carbocycles. The third kappa shape index (κ3) is 6.80. The third-order valence-corrected chi connectivity index (χ3v) is 23.8. The lowest BCUT2D eigenvalue weighted by Crippen LogP contribution is -2.78. The molecule has 12 aromatic carbocycles. The first kappa shape index (κ1) is 41.3. The van der Waals surface area contributed by atoms with E-state index in [2.05, 4.69) is 291 Å². The van der Waals surface area contributed by atoms with E-state index < -0.39 is 16.1 Å². The Kier molecular flexibility index (Phi) is 10.7. The molecule has 0 unspecified atom stereocenters. The van der Waals surface area contributed by atoms with E-state index in [0.717, 1.165) is 0 Å². The van der Waals surface area contributed by atoms with Crippen LogP contribution in [0.2, 0.25) is 0 Å². The van der Waals surface area contributed by atoms with Gasteiger partial charge in [0.15, 0.2) is 16.1 Å². The summed E-state index contributed by atoms with van der Waals surface area (Å²) in [7, 11) is -6.16. The lowest BCUT2D eigenvalue weighted by Gasteiger charge is -2.38. The van der Waals surface area contributed by atoms with Gasteiger partial charge in [-0.25, -0.2) is 0 Å². The van der Waals surface area contributed by atoms with Crippen molar-refractivity contribution >= 4 is 90.0 Å². The van der Waals surface area contributed by atoms with E-state index in [1.807, 2.05) is 0 Å². The van der Waals surface area contributed by atoms with Crippen LogP contribution in [0.15, 0.2) is 291 Å². The van der Waals surface area contributed by atoms with Gasteiger partial charge in [0.05, 0.1) is 0 Å². The lowest BCUT2D eigenvalue weighted by molar-refractivity contribution is 1.64. The lowest BCUT2D eigenvalue weighted by atomic mass is 9.85. The minimum absolute atomic E-state index is 1.23. The molecule has 0 N–H and O–H groups in total. The highest BCUT2D eigenvalue weighted by Gasteiger charge is 2.46. The standard InChI is InChI=1S/C66H48Si2/c1-7-27-53(28-8-1)67(54-29-9-2-10-30-54,55-31-11-3-12-32-55)59-46-52(47-60(48-59)68(56-33-13-4-14-34-56,57-35-15-5-16-36-57)58-37-17-6-18-38-58)66-63-41-23-21-39-61(63)65(62-40-22-24-42-64(62)66)51-44-43-49-25-19-20-26-50(49)45-51/h1-48H. The fourth-order valence-corrected chi connectivity index (χ4v) is 21.2. The summed E-state index contributed by atoms with van der Waals surface area (Å²) in [6, 6.07) is 110. The highest BCUT2D eigenvalue weighted by molar-refractivity contribution is 7.22. The van der Waals surface area contributed by atoms with Gasteiger partial charge >= 0.3 is 0 Å². The van der Waals surface area contributed by atoms with Crippen molar-refractivity contribution in [3.63, 3.8) is 0 Å². The first-order valence-electron chi connectivity index (χ1n) is 23.7. The number of fused-ring (bicyclic) bond motifs is 3. The predicted octanol–water partition coefficient (Wildman–Crippen LogP) is 11.2. The molecule has 12 rings (SSSR count). The van der Waals surface area contributed by atoms with Crippen LogP contribution in [0.5, 0.6) is 0 Å². The highest BCUT2D eigenvalue weighted by Crippen LogP contribution is 2.44. The molecule has 0 aliphatic heterocycles. The van der Waals surface area contributed by atoms with Crippen molar-refractivity contribution in [1.29, 1.82) is 0 Å². The summed E-state index contributed by atoms with van der Waals surface area (Å²) >= 11 is 0. The minimum Gasteiger partial charge on any atom is -0.0623 e. The Morgan fingerprint density at radius 2 is 0.456 bits per heavy atom. The third-order valence-electron chi connectivity index (χ3n) is 14.3. The van der Waals surface area contributed by atoms with Crippen molar-refractivity contribution in [3.05, 3.63) is 291 Å². The van der Waals surface area contributed by atoms with E-state index in [4.69, 9.17) is 0 Å². The summed E-state index contributed by atoms with van der Waals surface area (Å²) in [5, 5.41) is 18.3. The second-order valence-corrected chi connectivity index (χ2v) is 25.5. The van der Waals surface area contributed by atoms with E-state index in [1.165, 1.54) is 96.1 Å². The Morgan fingerprint density at radius 3 is 0.794 bits per heavy atom. The van der Waals surface area contributed by atoms with Crippen LogP contribution in [0.25, 0.3) is 54.6 Å². The zero-order valence-electron chi connectivity index (χ0n) is 37.7. The van der Waals surface area contributed by atoms with Crippen LogP contribution < -0.4 is 41.5 Å². The van der Waals surface area contributed by atoms with E-state index in [-0.39, 0.29) is 0 Å². The van der Waals surface area contributed by atoms with Gasteiger partial charge in [0, 0.05) is 0 Å². The molecule has 0 fully saturated rings. The van der Waals surface area contributed by atoms with Crippen molar-refractivity contribution < 1.29 is 0 Å². The molecule has 0 bridgehead atoms. The van der Waals surface area contributed by atoms with Gasteiger partial charge in [-0.3, -0.25) is 0 Å². The van der Waals surface area contributed by atoms with Gasteiger partial charge in [0.25, 0.3) is 0 Å². The molecule has 12 aromatic rings. The topological polar surface area (TPSA) is 0 Å². The molecule has 0 amide bonds. The summed E-state index contributed by atoms with van der Waals surface area (Å²) < 4.78 is 0. The first-order valence-corrected chi connectivity index (χ1v) is 27.7. The van der Waals surface area contributed by atoms with Gasteiger partial charge in [-0.2, -0.15) is 0 Å². The molecule has 0 radical (unpaired) electrons. The fourth-order valence-electron chi connectivity index (χ4n) is 11.4. The van der Waals surface area contributed by atoms with E-state index >= 15 is 0 Å².